The maximum atomic E-state index is 13.4. The Morgan fingerprint density at radius 3 is 1.54 bits per heavy atom. The van der Waals surface area contributed by atoms with E-state index in [1.165, 1.54) is 0 Å². The number of hydrogen-bond acceptors (Lipinski definition) is 2. The van der Waals surface area contributed by atoms with Gasteiger partial charge in [-0.25, -0.2) is 0 Å². The molecule has 0 bridgehead atoms. The predicted octanol–water partition coefficient (Wildman–Crippen LogP) is 5.32. The highest BCUT2D eigenvalue weighted by atomic mass is 127. The van der Waals surface area contributed by atoms with Crippen LogP contribution in [-0.2, 0) is 4.74 Å². The number of hydrogen-bond donors (Lipinski definition) is 1. The molecule has 0 aliphatic rings. The molecule has 16 heteroatoms. The van der Waals surface area contributed by atoms with Crippen LogP contribution in [0.1, 0.15) is 12.8 Å². The zero-order valence-electron chi connectivity index (χ0n) is 13.3. The minimum absolute atomic E-state index is 0.287. The van der Waals surface area contributed by atoms with E-state index in [9.17, 15) is 57.1 Å². The van der Waals surface area contributed by atoms with Gasteiger partial charge in [0.15, 0.2) is 0 Å². The van der Waals surface area contributed by atoms with Crippen LogP contribution in [-0.4, -0.2) is 64.6 Å². The van der Waals surface area contributed by atoms with Crippen LogP contribution in [0.15, 0.2) is 0 Å². The minimum atomic E-state index is -7.88. The molecule has 0 aliphatic carbocycles. The first-order valence-corrected chi connectivity index (χ1v) is 8.23. The molecular weight excluding hydrogens is 550 g/mol. The second kappa shape index (κ2) is 8.85. The van der Waals surface area contributed by atoms with Gasteiger partial charge in [-0.15, -0.1) is 0 Å². The third-order valence-corrected chi connectivity index (χ3v) is 4.03. The number of aliphatic hydroxyl groups excluding tert-OH is 1. The Morgan fingerprint density at radius 2 is 1.14 bits per heavy atom. The van der Waals surface area contributed by atoms with Crippen LogP contribution in [0.25, 0.3) is 0 Å². The highest BCUT2D eigenvalue weighted by molar-refractivity contribution is 14.1. The molecule has 0 spiro atoms. The Morgan fingerprint density at radius 1 is 0.714 bits per heavy atom. The average Bonchev–Trinajstić information content (AvgIpc) is 2.52. The van der Waals surface area contributed by atoms with Crippen molar-refractivity contribution in [3.8, 4) is 0 Å². The fourth-order valence-corrected chi connectivity index (χ4v) is 1.87. The lowest BCUT2D eigenvalue weighted by Gasteiger charge is -2.39. The lowest BCUT2D eigenvalue weighted by molar-refractivity contribution is -0.440. The van der Waals surface area contributed by atoms with Gasteiger partial charge in [0.1, 0.15) is 0 Å². The zero-order chi connectivity index (χ0) is 22.8. The van der Waals surface area contributed by atoms with Gasteiger partial charge < -0.3 is 9.84 Å². The fraction of sp³-hybridized carbons (Fsp3) is 1.00. The van der Waals surface area contributed by atoms with Gasteiger partial charge in [-0.2, -0.15) is 57.1 Å². The summed E-state index contributed by atoms with van der Waals surface area (Å²) in [6.45, 7) is -1.51. The molecule has 0 aromatic heterocycles. The summed E-state index contributed by atoms with van der Waals surface area (Å²) in [6, 6.07) is 0. The molecule has 0 amide bonds. The van der Waals surface area contributed by atoms with Crippen LogP contribution in [0.3, 0.4) is 0 Å². The molecule has 0 aromatic carbocycles. The largest absolute Gasteiger partial charge is 0.460 e. The van der Waals surface area contributed by atoms with E-state index in [1.807, 2.05) is 0 Å². The number of ether oxygens (including phenoxy) is 1. The molecule has 0 radical (unpaired) electrons. The first-order chi connectivity index (χ1) is 12.2. The minimum Gasteiger partial charge on any atom is -0.395 e. The molecule has 0 saturated heterocycles. The van der Waals surface area contributed by atoms with Gasteiger partial charge in [0.25, 0.3) is 0 Å². The molecule has 170 valence electrons. The van der Waals surface area contributed by atoms with E-state index in [0.29, 0.717) is 0 Å². The van der Waals surface area contributed by atoms with Gasteiger partial charge in [0.05, 0.1) is 17.1 Å². The topological polar surface area (TPSA) is 29.5 Å². The third-order valence-electron chi connectivity index (χ3n) is 3.27. The third kappa shape index (κ3) is 5.07. The molecule has 1 N–H and O–H groups in total. The lowest BCUT2D eigenvalue weighted by atomic mass is 9.92. The Labute approximate surface area is 162 Å². The number of halogens is 14. The molecular formula is C12H12F13IO2. The summed E-state index contributed by atoms with van der Waals surface area (Å²) in [5, 5.41) is 8.61. The second-order valence-electron chi connectivity index (χ2n) is 5.46. The summed E-state index contributed by atoms with van der Waals surface area (Å²) in [6.07, 6.45) is -10.9. The second-order valence-corrected chi connectivity index (χ2v) is 7.22. The summed E-state index contributed by atoms with van der Waals surface area (Å²) in [4.78, 5) is 0. The quantitative estimate of drug-likeness (QED) is 0.160. The molecule has 0 heterocycles. The van der Waals surface area contributed by atoms with E-state index < -0.39 is 65.8 Å². The van der Waals surface area contributed by atoms with Gasteiger partial charge in [-0.05, 0) is 6.42 Å². The van der Waals surface area contributed by atoms with E-state index in [-0.39, 0.29) is 6.61 Å². The summed E-state index contributed by atoms with van der Waals surface area (Å²) >= 11 is 1.63. The van der Waals surface area contributed by atoms with E-state index >= 15 is 0 Å². The van der Waals surface area contributed by atoms with Crippen molar-refractivity contribution in [1.29, 1.82) is 0 Å². The molecule has 0 aromatic rings. The fourth-order valence-electron chi connectivity index (χ4n) is 1.62. The first-order valence-electron chi connectivity index (χ1n) is 6.99. The van der Waals surface area contributed by atoms with Crippen LogP contribution in [0, 0.1) is 0 Å². The molecule has 28 heavy (non-hydrogen) atoms. The van der Waals surface area contributed by atoms with E-state index in [0.717, 1.165) is 0 Å². The normalized spacial score (nSPS) is 16.4. The molecule has 2 nitrogen and oxygen atoms in total. The van der Waals surface area contributed by atoms with Crippen LogP contribution in [0.2, 0.25) is 0 Å². The van der Waals surface area contributed by atoms with Crippen LogP contribution in [0.5, 0.6) is 0 Å². The monoisotopic (exact) mass is 562 g/mol. The zero-order valence-corrected chi connectivity index (χ0v) is 15.4. The Kier molecular flexibility index (Phi) is 8.77. The van der Waals surface area contributed by atoms with Crippen molar-refractivity contribution in [2.45, 2.75) is 52.6 Å². The highest BCUT2D eigenvalue weighted by Gasteiger charge is 2.90. The van der Waals surface area contributed by atoms with Crippen molar-refractivity contribution < 1.29 is 66.9 Å². The SMILES string of the molecule is OCC(I)COCCCC(F)(F)C(F)(F)C(F)(F)C(F)(F)C(F)(F)C(F)(F)F. The van der Waals surface area contributed by atoms with E-state index in [2.05, 4.69) is 4.74 Å². The average molecular weight is 562 g/mol. The van der Waals surface area contributed by atoms with E-state index in [1.54, 1.807) is 22.6 Å². The van der Waals surface area contributed by atoms with Crippen molar-refractivity contribution >= 4 is 22.6 Å². The molecule has 0 aliphatic heterocycles. The van der Waals surface area contributed by atoms with Gasteiger partial charge >= 0.3 is 35.8 Å². The molecule has 1 atom stereocenters. The van der Waals surface area contributed by atoms with Gasteiger partial charge in [0, 0.05) is 13.0 Å². The predicted molar refractivity (Wildman–Crippen MR) is 75.7 cm³/mol. The summed E-state index contributed by atoms with van der Waals surface area (Å²) in [7, 11) is 0. The Balaban J connectivity index is 5.46. The van der Waals surface area contributed by atoms with Gasteiger partial charge in [-0.1, -0.05) is 22.6 Å². The van der Waals surface area contributed by atoms with Crippen molar-refractivity contribution in [3.05, 3.63) is 0 Å². The maximum absolute atomic E-state index is 13.4. The van der Waals surface area contributed by atoms with Gasteiger partial charge in [0.2, 0.25) is 0 Å². The number of rotatable bonds is 11. The van der Waals surface area contributed by atoms with Crippen molar-refractivity contribution in [3.63, 3.8) is 0 Å². The summed E-state index contributed by atoms with van der Waals surface area (Å²) in [5.41, 5.74) is 0. The summed E-state index contributed by atoms with van der Waals surface area (Å²) < 4.78 is 171. The smallest absolute Gasteiger partial charge is 0.395 e. The first kappa shape index (κ1) is 27.7. The highest BCUT2D eigenvalue weighted by Crippen LogP contribution is 2.60. The summed E-state index contributed by atoms with van der Waals surface area (Å²) in [5.74, 6) is -36.7. The maximum Gasteiger partial charge on any atom is 0.460 e. The number of alkyl halides is 14. The van der Waals surface area contributed by atoms with Crippen molar-refractivity contribution in [2.24, 2.45) is 0 Å². The molecule has 0 fully saturated rings. The van der Waals surface area contributed by atoms with E-state index in [4.69, 9.17) is 5.11 Å². The van der Waals surface area contributed by atoms with Crippen LogP contribution >= 0.6 is 22.6 Å². The van der Waals surface area contributed by atoms with Crippen LogP contribution < -0.4 is 0 Å². The molecule has 1 unspecified atom stereocenters. The molecule has 0 saturated carbocycles. The van der Waals surface area contributed by atoms with Gasteiger partial charge in [-0.3, -0.25) is 0 Å². The van der Waals surface area contributed by atoms with Crippen LogP contribution in [0.4, 0.5) is 57.1 Å². The Hall–Kier alpha value is -0.260. The Bertz CT molecular complexity index is 506. The van der Waals surface area contributed by atoms with Crippen molar-refractivity contribution in [1.82, 2.24) is 0 Å². The molecule has 0 rings (SSSR count). The number of aliphatic hydroxyl groups is 1. The standard InChI is InChI=1S/C12H12F13IO2/c13-7(14,2-1-3-28-5-6(26)4-27)8(15,16)9(17,18)10(19,20)11(21,22)12(23,24)25/h6,27H,1-5H2. The van der Waals surface area contributed by atoms with Crippen molar-refractivity contribution in [2.75, 3.05) is 19.8 Å². The lowest BCUT2D eigenvalue weighted by Crippen LogP contribution is -2.70.